The average Bonchev–Trinajstić information content (AvgIpc) is 2.20. The van der Waals surface area contributed by atoms with Crippen LogP contribution in [0.3, 0.4) is 0 Å². The van der Waals surface area contributed by atoms with Crippen LogP contribution < -0.4 is 5.32 Å². The summed E-state index contributed by atoms with van der Waals surface area (Å²) >= 11 is 0. The van der Waals surface area contributed by atoms with Crippen LogP contribution in [0.5, 0.6) is 0 Å². The molecular formula is C11H15N3O3. The monoisotopic (exact) mass is 237 g/mol. The van der Waals surface area contributed by atoms with Crippen LogP contribution >= 0.6 is 0 Å². The third-order valence-corrected chi connectivity index (χ3v) is 3.12. The first-order chi connectivity index (χ1) is 7.99. The molecule has 0 amide bonds. The number of carboxylic acids is 1. The fourth-order valence-electron chi connectivity index (χ4n) is 1.87. The topological polar surface area (TPSA) is 95.3 Å². The predicted molar refractivity (Wildman–Crippen MR) is 61.1 cm³/mol. The molecule has 2 rings (SSSR count). The Morgan fingerprint density at radius 2 is 2.00 bits per heavy atom. The largest absolute Gasteiger partial charge is 0.478 e. The smallest absolute Gasteiger partial charge is 0.339 e. The molecule has 17 heavy (non-hydrogen) atoms. The molecule has 1 aliphatic carbocycles. The number of anilines is 1. The van der Waals surface area contributed by atoms with E-state index in [-0.39, 0.29) is 23.5 Å². The minimum Gasteiger partial charge on any atom is -0.478 e. The Morgan fingerprint density at radius 1 is 1.35 bits per heavy atom. The Balaban J connectivity index is 2.27. The summed E-state index contributed by atoms with van der Waals surface area (Å²) in [6.45, 7) is 3.44. The van der Waals surface area contributed by atoms with E-state index >= 15 is 0 Å². The molecule has 0 aliphatic heterocycles. The van der Waals surface area contributed by atoms with E-state index in [0.717, 1.165) is 0 Å². The van der Waals surface area contributed by atoms with Gasteiger partial charge in [-0.05, 0) is 32.3 Å². The molecule has 6 heteroatoms. The number of nitrogens with zero attached hydrogens (tertiary/aromatic N) is 2. The van der Waals surface area contributed by atoms with Gasteiger partial charge >= 0.3 is 5.97 Å². The van der Waals surface area contributed by atoms with Gasteiger partial charge in [0.05, 0.1) is 11.8 Å². The Hall–Kier alpha value is -1.69. The fraction of sp³-hybridized carbons (Fsp3) is 0.545. The van der Waals surface area contributed by atoms with Crippen LogP contribution in [0, 0.1) is 13.8 Å². The lowest BCUT2D eigenvalue weighted by Gasteiger charge is -2.32. The van der Waals surface area contributed by atoms with Crippen LogP contribution in [0.1, 0.15) is 34.5 Å². The maximum Gasteiger partial charge on any atom is 0.339 e. The summed E-state index contributed by atoms with van der Waals surface area (Å²) in [5.74, 6) is -0.722. The van der Waals surface area contributed by atoms with Crippen molar-refractivity contribution in [1.29, 1.82) is 0 Å². The van der Waals surface area contributed by atoms with E-state index in [1.165, 1.54) is 0 Å². The van der Waals surface area contributed by atoms with Crippen molar-refractivity contribution in [1.82, 2.24) is 10.2 Å². The summed E-state index contributed by atoms with van der Waals surface area (Å²) in [6, 6.07) is 0.0829. The minimum atomic E-state index is -1.01. The van der Waals surface area contributed by atoms with Gasteiger partial charge in [0.2, 0.25) is 0 Å². The number of carbonyl (C=O) groups is 1. The summed E-state index contributed by atoms with van der Waals surface area (Å²) in [4.78, 5) is 11.2. The number of hydrogen-bond donors (Lipinski definition) is 3. The van der Waals surface area contributed by atoms with E-state index < -0.39 is 5.97 Å². The molecule has 1 aromatic heterocycles. The second kappa shape index (κ2) is 4.29. The van der Waals surface area contributed by atoms with Gasteiger partial charge in [-0.25, -0.2) is 4.79 Å². The first kappa shape index (κ1) is 11.8. The van der Waals surface area contributed by atoms with Crippen LogP contribution in [-0.2, 0) is 0 Å². The predicted octanol–water partition coefficient (Wildman–Crippen LogP) is 0.727. The molecule has 6 nitrogen and oxygen atoms in total. The van der Waals surface area contributed by atoms with Crippen molar-refractivity contribution >= 4 is 11.8 Å². The van der Waals surface area contributed by atoms with Crippen LogP contribution in [0.15, 0.2) is 0 Å². The highest BCUT2D eigenvalue weighted by Crippen LogP contribution is 2.26. The van der Waals surface area contributed by atoms with Crippen molar-refractivity contribution in [2.75, 3.05) is 5.32 Å². The molecule has 1 aliphatic rings. The lowest BCUT2D eigenvalue weighted by molar-refractivity contribution is 0.0695. The third-order valence-electron chi connectivity index (χ3n) is 3.12. The summed E-state index contributed by atoms with van der Waals surface area (Å²) in [5.41, 5.74) is 1.40. The molecule has 0 aromatic carbocycles. The molecule has 1 aromatic rings. The Bertz CT molecular complexity index is 456. The van der Waals surface area contributed by atoms with Crippen LogP contribution in [0.25, 0.3) is 0 Å². The molecule has 0 bridgehead atoms. The molecule has 1 saturated carbocycles. The molecular weight excluding hydrogens is 222 g/mol. The van der Waals surface area contributed by atoms with Crippen molar-refractivity contribution in [3.63, 3.8) is 0 Å². The molecule has 0 radical (unpaired) electrons. The molecule has 1 heterocycles. The summed E-state index contributed by atoms with van der Waals surface area (Å²) in [5, 5.41) is 29.2. The average molecular weight is 237 g/mol. The van der Waals surface area contributed by atoms with Crippen LogP contribution in [0.2, 0.25) is 0 Å². The summed E-state index contributed by atoms with van der Waals surface area (Å²) < 4.78 is 0. The minimum absolute atomic E-state index is 0.0829. The highest BCUT2D eigenvalue weighted by atomic mass is 16.4. The van der Waals surface area contributed by atoms with Crippen LogP contribution in [-0.4, -0.2) is 38.5 Å². The number of hydrogen-bond acceptors (Lipinski definition) is 5. The number of nitrogens with one attached hydrogen (secondary N) is 1. The number of aliphatic hydroxyl groups is 1. The van der Waals surface area contributed by atoms with Crippen molar-refractivity contribution in [2.45, 2.75) is 38.8 Å². The van der Waals surface area contributed by atoms with Gasteiger partial charge in [-0.15, -0.1) is 5.10 Å². The number of carboxylic acid groups (broad SMARTS) is 1. The molecule has 0 spiro atoms. The summed E-state index contributed by atoms with van der Waals surface area (Å²) in [7, 11) is 0. The van der Waals surface area contributed by atoms with E-state index in [4.69, 9.17) is 5.11 Å². The standard InChI is InChI=1S/C11H15N3O3/c1-5-6(2)13-14-10(9(5)11(16)17)12-7-3-8(15)4-7/h7-8,15H,3-4H2,1-2H3,(H,12,14)(H,16,17). The zero-order chi connectivity index (χ0) is 12.6. The summed E-state index contributed by atoms with van der Waals surface area (Å²) in [6.07, 6.45) is 0.946. The van der Waals surface area contributed by atoms with Crippen molar-refractivity contribution < 1.29 is 15.0 Å². The first-order valence-corrected chi connectivity index (χ1v) is 5.50. The van der Waals surface area contributed by atoms with E-state index in [1.54, 1.807) is 13.8 Å². The van der Waals surface area contributed by atoms with Crippen molar-refractivity contribution in [2.24, 2.45) is 0 Å². The van der Waals surface area contributed by atoms with Crippen molar-refractivity contribution in [3.8, 4) is 0 Å². The van der Waals surface area contributed by atoms with Gasteiger partial charge < -0.3 is 15.5 Å². The molecule has 0 saturated heterocycles. The maximum atomic E-state index is 11.2. The highest BCUT2D eigenvalue weighted by Gasteiger charge is 2.29. The van der Waals surface area contributed by atoms with Gasteiger partial charge in [0.1, 0.15) is 5.56 Å². The Kier molecular flexibility index (Phi) is 2.97. The normalized spacial score (nSPS) is 23.0. The molecule has 0 atom stereocenters. The number of aromatic carboxylic acids is 1. The molecule has 92 valence electrons. The van der Waals surface area contributed by atoms with Gasteiger partial charge in [-0.1, -0.05) is 0 Å². The van der Waals surface area contributed by atoms with Gasteiger partial charge in [0.25, 0.3) is 0 Å². The lowest BCUT2D eigenvalue weighted by atomic mass is 9.89. The van der Waals surface area contributed by atoms with Gasteiger partial charge in [0, 0.05) is 6.04 Å². The zero-order valence-electron chi connectivity index (χ0n) is 9.77. The third kappa shape index (κ3) is 2.21. The number of aromatic nitrogens is 2. The maximum absolute atomic E-state index is 11.2. The van der Waals surface area contributed by atoms with E-state index in [9.17, 15) is 9.90 Å². The zero-order valence-corrected chi connectivity index (χ0v) is 9.77. The second-order valence-corrected chi connectivity index (χ2v) is 4.41. The number of rotatable bonds is 3. The van der Waals surface area contributed by atoms with Crippen LogP contribution in [0.4, 0.5) is 5.82 Å². The SMILES string of the molecule is Cc1nnc(NC2CC(O)C2)c(C(=O)O)c1C. The van der Waals surface area contributed by atoms with Gasteiger partial charge in [0.15, 0.2) is 5.82 Å². The van der Waals surface area contributed by atoms with E-state index in [1.807, 2.05) is 0 Å². The molecule has 0 unspecified atom stereocenters. The Labute approximate surface area is 98.7 Å². The molecule has 3 N–H and O–H groups in total. The lowest BCUT2D eigenvalue weighted by Crippen LogP contribution is -2.39. The van der Waals surface area contributed by atoms with E-state index in [0.29, 0.717) is 24.1 Å². The fourth-order valence-corrected chi connectivity index (χ4v) is 1.87. The first-order valence-electron chi connectivity index (χ1n) is 5.50. The van der Waals surface area contributed by atoms with Crippen molar-refractivity contribution in [3.05, 3.63) is 16.8 Å². The quantitative estimate of drug-likeness (QED) is 0.717. The number of aliphatic hydroxyl groups excluding tert-OH is 1. The number of aryl methyl sites for hydroxylation is 1. The highest BCUT2D eigenvalue weighted by molar-refractivity contribution is 5.94. The van der Waals surface area contributed by atoms with Gasteiger partial charge in [-0.2, -0.15) is 5.10 Å². The molecule has 1 fully saturated rings. The van der Waals surface area contributed by atoms with E-state index in [2.05, 4.69) is 15.5 Å². The second-order valence-electron chi connectivity index (χ2n) is 4.41. The Morgan fingerprint density at radius 3 is 2.53 bits per heavy atom. The van der Waals surface area contributed by atoms with Gasteiger partial charge in [-0.3, -0.25) is 0 Å².